The topological polar surface area (TPSA) is 83.6 Å². The summed E-state index contributed by atoms with van der Waals surface area (Å²) in [6, 6.07) is 11.6. The summed E-state index contributed by atoms with van der Waals surface area (Å²) in [5.41, 5.74) is 1.88. The van der Waals surface area contributed by atoms with Gasteiger partial charge in [-0.25, -0.2) is 16.8 Å². The zero-order chi connectivity index (χ0) is 19.7. The van der Waals surface area contributed by atoms with Gasteiger partial charge in [0.25, 0.3) is 10.0 Å². The van der Waals surface area contributed by atoms with Crippen molar-refractivity contribution in [1.29, 1.82) is 0 Å². The maximum atomic E-state index is 12.7. The highest BCUT2D eigenvalue weighted by molar-refractivity contribution is 9.10. The molecule has 0 saturated heterocycles. The van der Waals surface area contributed by atoms with Crippen molar-refractivity contribution in [2.24, 2.45) is 0 Å². The number of anilines is 2. The Morgan fingerprint density at radius 2 is 1.85 bits per heavy atom. The van der Waals surface area contributed by atoms with E-state index in [2.05, 4.69) is 20.7 Å². The van der Waals surface area contributed by atoms with Gasteiger partial charge in [0.1, 0.15) is 4.90 Å². The monoisotopic (exact) mass is 472 g/mol. The molecule has 0 bridgehead atoms. The number of aryl methyl sites for hydroxylation is 1. The van der Waals surface area contributed by atoms with Crippen molar-refractivity contribution in [1.82, 2.24) is 0 Å². The van der Waals surface area contributed by atoms with Crippen LogP contribution in [0, 0.1) is 0 Å². The van der Waals surface area contributed by atoms with Crippen LogP contribution in [0.5, 0.6) is 0 Å². The zero-order valence-electron chi connectivity index (χ0n) is 14.9. The lowest BCUT2D eigenvalue weighted by molar-refractivity contribution is 0.585. The molecule has 0 unspecified atom stereocenters. The third-order valence-corrected chi connectivity index (χ3v) is 8.70. The highest BCUT2D eigenvalue weighted by Crippen LogP contribution is 2.33. The minimum absolute atomic E-state index is 0.100. The second-order valence-electron chi connectivity index (χ2n) is 6.37. The van der Waals surface area contributed by atoms with E-state index in [1.807, 2.05) is 6.92 Å². The van der Waals surface area contributed by atoms with Crippen LogP contribution in [0.4, 0.5) is 11.4 Å². The first-order valence-corrected chi connectivity index (χ1v) is 12.5. The molecule has 0 aliphatic carbocycles. The Balaban J connectivity index is 1.92. The summed E-state index contributed by atoms with van der Waals surface area (Å²) in [5.74, 6) is 0.100. The molecule has 0 amide bonds. The third-order valence-electron chi connectivity index (χ3n) is 4.33. The van der Waals surface area contributed by atoms with Crippen molar-refractivity contribution < 1.29 is 16.8 Å². The standard InChI is InChI=1S/C18H21BrN2O4S2/c1-2-12-26(22,23)21-11-5-6-14-13-15(9-10-17(14)21)20-27(24,25)18-8-4-3-7-16(18)19/h3-4,7-10,13,20H,2,5-6,11-12H2,1H3. The van der Waals surface area contributed by atoms with Gasteiger partial charge in [0.05, 0.1) is 11.4 Å². The van der Waals surface area contributed by atoms with Crippen molar-refractivity contribution in [2.45, 2.75) is 31.1 Å². The quantitative estimate of drug-likeness (QED) is 0.693. The highest BCUT2D eigenvalue weighted by Gasteiger charge is 2.27. The van der Waals surface area contributed by atoms with Gasteiger partial charge in [-0.3, -0.25) is 9.03 Å². The molecule has 9 heteroatoms. The number of hydrogen-bond acceptors (Lipinski definition) is 4. The summed E-state index contributed by atoms with van der Waals surface area (Å²) in [7, 11) is -7.10. The molecule has 1 aliphatic heterocycles. The molecule has 0 spiro atoms. The summed E-state index contributed by atoms with van der Waals surface area (Å²) in [4.78, 5) is 0.148. The zero-order valence-corrected chi connectivity index (χ0v) is 18.1. The van der Waals surface area contributed by atoms with E-state index < -0.39 is 20.0 Å². The van der Waals surface area contributed by atoms with Crippen LogP contribution in [0.15, 0.2) is 51.8 Å². The van der Waals surface area contributed by atoms with E-state index in [0.717, 1.165) is 5.56 Å². The number of hydrogen-bond donors (Lipinski definition) is 1. The molecule has 0 atom stereocenters. The average molecular weight is 473 g/mol. The second-order valence-corrected chi connectivity index (χ2v) is 10.9. The SMILES string of the molecule is CCCS(=O)(=O)N1CCCc2cc(NS(=O)(=O)c3ccccc3Br)ccc21. The minimum Gasteiger partial charge on any atom is -0.280 e. The van der Waals surface area contributed by atoms with Gasteiger partial charge in [-0.2, -0.15) is 0 Å². The first-order chi connectivity index (χ1) is 12.7. The predicted molar refractivity (Wildman–Crippen MR) is 111 cm³/mol. The molecule has 0 radical (unpaired) electrons. The number of benzene rings is 2. The fourth-order valence-corrected chi connectivity index (χ4v) is 6.83. The molecule has 3 rings (SSSR count). The molecule has 2 aromatic carbocycles. The maximum absolute atomic E-state index is 12.7. The van der Waals surface area contributed by atoms with Gasteiger partial charge in [0.2, 0.25) is 10.0 Å². The van der Waals surface area contributed by atoms with Gasteiger partial charge in [-0.1, -0.05) is 19.1 Å². The van der Waals surface area contributed by atoms with Crippen LogP contribution >= 0.6 is 15.9 Å². The van der Waals surface area contributed by atoms with Crippen LogP contribution in [0.3, 0.4) is 0 Å². The fraction of sp³-hybridized carbons (Fsp3) is 0.333. The number of sulfonamides is 2. The Morgan fingerprint density at radius 3 is 2.56 bits per heavy atom. The third kappa shape index (κ3) is 4.30. The largest absolute Gasteiger partial charge is 0.280 e. The highest BCUT2D eigenvalue weighted by atomic mass is 79.9. The van der Waals surface area contributed by atoms with Crippen LogP contribution in [-0.2, 0) is 26.5 Å². The van der Waals surface area contributed by atoms with Gasteiger partial charge < -0.3 is 0 Å². The molecule has 1 N–H and O–H groups in total. The van der Waals surface area contributed by atoms with E-state index in [1.54, 1.807) is 36.4 Å². The lowest BCUT2D eigenvalue weighted by atomic mass is 10.0. The van der Waals surface area contributed by atoms with Crippen LogP contribution in [-0.4, -0.2) is 29.1 Å². The van der Waals surface area contributed by atoms with Gasteiger partial charge in [0.15, 0.2) is 0 Å². The molecule has 6 nitrogen and oxygen atoms in total. The summed E-state index contributed by atoms with van der Waals surface area (Å²) < 4.78 is 54.8. The maximum Gasteiger partial charge on any atom is 0.263 e. The van der Waals surface area contributed by atoms with E-state index in [-0.39, 0.29) is 10.6 Å². The first kappa shape index (κ1) is 20.2. The lowest BCUT2D eigenvalue weighted by Crippen LogP contribution is -2.37. The summed E-state index contributed by atoms with van der Waals surface area (Å²) >= 11 is 3.26. The Bertz CT molecular complexity index is 1050. The van der Waals surface area contributed by atoms with Gasteiger partial charge in [0, 0.05) is 16.7 Å². The molecular formula is C18H21BrN2O4S2. The Morgan fingerprint density at radius 1 is 1.11 bits per heavy atom. The van der Waals surface area contributed by atoms with E-state index in [9.17, 15) is 16.8 Å². The van der Waals surface area contributed by atoms with Crippen molar-refractivity contribution in [2.75, 3.05) is 21.3 Å². The molecule has 1 aliphatic rings. The Hall–Kier alpha value is -1.58. The molecule has 2 aromatic rings. The second kappa shape index (κ2) is 7.81. The molecule has 0 aromatic heterocycles. The number of fused-ring (bicyclic) bond motifs is 1. The fourth-order valence-electron chi connectivity index (χ4n) is 3.16. The Labute approximate surface area is 168 Å². The molecule has 146 valence electrons. The summed E-state index contributed by atoms with van der Waals surface area (Å²) in [6.07, 6.45) is 1.96. The normalized spacial score (nSPS) is 14.7. The van der Waals surface area contributed by atoms with Crippen molar-refractivity contribution >= 4 is 47.4 Å². The van der Waals surface area contributed by atoms with E-state index >= 15 is 0 Å². The smallest absolute Gasteiger partial charge is 0.263 e. The number of nitrogens with zero attached hydrogens (tertiary/aromatic N) is 1. The number of rotatable bonds is 6. The van der Waals surface area contributed by atoms with Gasteiger partial charge >= 0.3 is 0 Å². The van der Waals surface area contributed by atoms with Crippen molar-refractivity contribution in [3.05, 3.63) is 52.5 Å². The minimum atomic E-state index is -3.75. The van der Waals surface area contributed by atoms with Crippen molar-refractivity contribution in [3.8, 4) is 0 Å². The summed E-state index contributed by atoms with van der Waals surface area (Å²) in [6.45, 7) is 2.29. The van der Waals surface area contributed by atoms with Crippen LogP contribution in [0.2, 0.25) is 0 Å². The van der Waals surface area contributed by atoms with Crippen LogP contribution < -0.4 is 9.03 Å². The lowest BCUT2D eigenvalue weighted by Gasteiger charge is -2.30. The van der Waals surface area contributed by atoms with E-state index in [1.165, 1.54) is 10.4 Å². The van der Waals surface area contributed by atoms with Gasteiger partial charge in [-0.15, -0.1) is 0 Å². The predicted octanol–water partition coefficient (Wildman–Crippen LogP) is 3.74. The molecule has 1 heterocycles. The Kier molecular flexibility index (Phi) is 5.83. The van der Waals surface area contributed by atoms with Crippen molar-refractivity contribution in [3.63, 3.8) is 0 Å². The number of halogens is 1. The molecular weight excluding hydrogens is 452 g/mol. The molecule has 0 fully saturated rings. The molecule has 27 heavy (non-hydrogen) atoms. The van der Waals surface area contributed by atoms with Crippen LogP contribution in [0.25, 0.3) is 0 Å². The van der Waals surface area contributed by atoms with E-state index in [4.69, 9.17) is 0 Å². The summed E-state index contributed by atoms with van der Waals surface area (Å²) in [5, 5.41) is 0. The van der Waals surface area contributed by atoms with E-state index in [0.29, 0.717) is 41.7 Å². The number of nitrogens with one attached hydrogen (secondary N) is 1. The van der Waals surface area contributed by atoms with Crippen LogP contribution in [0.1, 0.15) is 25.3 Å². The molecule has 0 saturated carbocycles. The average Bonchev–Trinajstić information content (AvgIpc) is 2.61. The first-order valence-electron chi connectivity index (χ1n) is 8.65. The van der Waals surface area contributed by atoms with Gasteiger partial charge in [-0.05, 0) is 71.1 Å².